The maximum atomic E-state index is 13.9. The van der Waals surface area contributed by atoms with Crippen molar-refractivity contribution in [1.82, 2.24) is 10.6 Å². The quantitative estimate of drug-likeness (QED) is 0.847. The molecule has 3 nitrogen and oxygen atoms in total. The van der Waals surface area contributed by atoms with Crippen molar-refractivity contribution >= 4 is 5.91 Å². The van der Waals surface area contributed by atoms with Crippen molar-refractivity contribution < 1.29 is 13.6 Å². The van der Waals surface area contributed by atoms with Gasteiger partial charge >= 0.3 is 0 Å². The van der Waals surface area contributed by atoms with Crippen molar-refractivity contribution in [2.24, 2.45) is 11.8 Å². The number of amides is 1. The van der Waals surface area contributed by atoms with Gasteiger partial charge < -0.3 is 10.6 Å². The third-order valence-electron chi connectivity index (χ3n) is 4.22. The average molecular weight is 310 g/mol. The molecule has 22 heavy (non-hydrogen) atoms. The van der Waals surface area contributed by atoms with Gasteiger partial charge in [0.05, 0.1) is 6.04 Å². The van der Waals surface area contributed by atoms with Gasteiger partial charge in [0.2, 0.25) is 5.91 Å². The van der Waals surface area contributed by atoms with E-state index in [0.29, 0.717) is 17.9 Å². The summed E-state index contributed by atoms with van der Waals surface area (Å²) in [6.07, 6.45) is 2.39. The molecule has 1 aliphatic heterocycles. The van der Waals surface area contributed by atoms with E-state index < -0.39 is 17.7 Å². The molecule has 0 radical (unpaired) electrons. The van der Waals surface area contributed by atoms with Crippen LogP contribution in [0.2, 0.25) is 0 Å². The standard InChI is InChI=1S/C17H24F2N2O/c1-11(2)17(14-5-4-13(18)9-15(14)19)21-16(22)6-3-12-7-8-20-10-12/h4-5,9,11-12,17,20H,3,6-8,10H2,1-2H3,(H,21,22). The fraction of sp³-hybridized carbons (Fsp3) is 0.588. The molecule has 0 bridgehead atoms. The summed E-state index contributed by atoms with van der Waals surface area (Å²) < 4.78 is 27.0. The molecule has 0 aliphatic carbocycles. The molecular weight excluding hydrogens is 286 g/mol. The Morgan fingerprint density at radius 2 is 2.18 bits per heavy atom. The van der Waals surface area contributed by atoms with Crippen LogP contribution in [0.4, 0.5) is 8.78 Å². The van der Waals surface area contributed by atoms with E-state index in [1.165, 1.54) is 12.1 Å². The van der Waals surface area contributed by atoms with Gasteiger partial charge in [-0.15, -0.1) is 0 Å². The SMILES string of the molecule is CC(C)C(NC(=O)CCC1CCNC1)c1ccc(F)cc1F. The molecule has 5 heteroatoms. The second-order valence-electron chi connectivity index (χ2n) is 6.35. The van der Waals surface area contributed by atoms with Gasteiger partial charge in [-0.25, -0.2) is 8.78 Å². The van der Waals surface area contributed by atoms with E-state index in [-0.39, 0.29) is 11.8 Å². The monoisotopic (exact) mass is 310 g/mol. The molecule has 1 saturated heterocycles. The lowest BCUT2D eigenvalue weighted by molar-refractivity contribution is -0.122. The predicted octanol–water partition coefficient (Wildman–Crippen LogP) is 3.17. The van der Waals surface area contributed by atoms with Gasteiger partial charge in [0.15, 0.2) is 0 Å². The Hall–Kier alpha value is -1.49. The van der Waals surface area contributed by atoms with Crippen LogP contribution in [-0.2, 0) is 4.79 Å². The van der Waals surface area contributed by atoms with Crippen molar-refractivity contribution in [2.75, 3.05) is 13.1 Å². The van der Waals surface area contributed by atoms with Crippen molar-refractivity contribution in [3.8, 4) is 0 Å². The highest BCUT2D eigenvalue weighted by atomic mass is 19.1. The van der Waals surface area contributed by atoms with Crippen LogP contribution < -0.4 is 10.6 Å². The molecule has 2 rings (SSSR count). The summed E-state index contributed by atoms with van der Waals surface area (Å²) in [6.45, 7) is 5.80. The number of carbonyl (C=O) groups excluding carboxylic acids is 1. The van der Waals surface area contributed by atoms with Crippen LogP contribution in [0.25, 0.3) is 0 Å². The summed E-state index contributed by atoms with van der Waals surface area (Å²) >= 11 is 0. The Morgan fingerprint density at radius 1 is 1.41 bits per heavy atom. The highest BCUT2D eigenvalue weighted by Gasteiger charge is 2.23. The zero-order valence-electron chi connectivity index (χ0n) is 13.2. The first kappa shape index (κ1) is 16.9. The third kappa shape index (κ3) is 4.50. The molecule has 1 aliphatic rings. The van der Waals surface area contributed by atoms with Gasteiger partial charge in [-0.1, -0.05) is 19.9 Å². The molecule has 2 N–H and O–H groups in total. The smallest absolute Gasteiger partial charge is 0.220 e. The highest BCUT2D eigenvalue weighted by Crippen LogP contribution is 2.25. The molecule has 0 aromatic heterocycles. The first-order chi connectivity index (χ1) is 10.5. The first-order valence-corrected chi connectivity index (χ1v) is 7.92. The van der Waals surface area contributed by atoms with Crippen LogP contribution in [0.1, 0.15) is 44.7 Å². The van der Waals surface area contributed by atoms with Crippen LogP contribution >= 0.6 is 0 Å². The van der Waals surface area contributed by atoms with Crippen molar-refractivity contribution in [3.63, 3.8) is 0 Å². The number of benzene rings is 1. The summed E-state index contributed by atoms with van der Waals surface area (Å²) in [5.41, 5.74) is 0.340. The highest BCUT2D eigenvalue weighted by molar-refractivity contribution is 5.76. The normalized spacial score (nSPS) is 19.4. The number of rotatable bonds is 6. The molecule has 1 fully saturated rings. The second-order valence-corrected chi connectivity index (χ2v) is 6.35. The van der Waals surface area contributed by atoms with Gasteiger partial charge in [-0.2, -0.15) is 0 Å². The van der Waals surface area contributed by atoms with Crippen molar-refractivity contribution in [2.45, 2.75) is 39.2 Å². The fourth-order valence-electron chi connectivity index (χ4n) is 2.90. The van der Waals surface area contributed by atoms with E-state index in [1.54, 1.807) is 0 Å². The Labute approximate surface area is 130 Å². The third-order valence-corrected chi connectivity index (χ3v) is 4.22. The molecule has 1 aromatic rings. The van der Waals surface area contributed by atoms with E-state index in [0.717, 1.165) is 32.0 Å². The molecule has 1 amide bonds. The minimum Gasteiger partial charge on any atom is -0.349 e. The van der Waals surface area contributed by atoms with E-state index in [9.17, 15) is 13.6 Å². The van der Waals surface area contributed by atoms with E-state index >= 15 is 0 Å². The molecular formula is C17H24F2N2O. The lowest BCUT2D eigenvalue weighted by atomic mass is 9.95. The largest absolute Gasteiger partial charge is 0.349 e. The Kier molecular flexibility index (Phi) is 5.89. The summed E-state index contributed by atoms with van der Waals surface area (Å²) in [6, 6.07) is 3.07. The number of halogens is 2. The summed E-state index contributed by atoms with van der Waals surface area (Å²) in [5.74, 6) is -0.722. The Balaban J connectivity index is 1.97. The van der Waals surface area contributed by atoms with Gasteiger partial charge in [-0.05, 0) is 43.8 Å². The average Bonchev–Trinajstić information content (AvgIpc) is 2.96. The zero-order valence-corrected chi connectivity index (χ0v) is 13.2. The number of hydrogen-bond acceptors (Lipinski definition) is 2. The van der Waals surface area contributed by atoms with Gasteiger partial charge in [0, 0.05) is 18.1 Å². The lowest BCUT2D eigenvalue weighted by Crippen LogP contribution is -2.32. The molecule has 0 saturated carbocycles. The lowest BCUT2D eigenvalue weighted by Gasteiger charge is -2.23. The van der Waals surface area contributed by atoms with E-state index in [2.05, 4.69) is 10.6 Å². The number of nitrogens with one attached hydrogen (secondary N) is 2. The number of carbonyl (C=O) groups is 1. The molecule has 1 heterocycles. The van der Waals surface area contributed by atoms with E-state index in [4.69, 9.17) is 0 Å². The second kappa shape index (κ2) is 7.68. The van der Waals surface area contributed by atoms with Crippen molar-refractivity contribution in [3.05, 3.63) is 35.4 Å². The van der Waals surface area contributed by atoms with Crippen LogP contribution in [0.15, 0.2) is 18.2 Å². The maximum Gasteiger partial charge on any atom is 0.220 e. The summed E-state index contributed by atoms with van der Waals surface area (Å²) in [5, 5.41) is 6.17. The summed E-state index contributed by atoms with van der Waals surface area (Å²) in [4.78, 5) is 12.1. The minimum atomic E-state index is -0.612. The van der Waals surface area contributed by atoms with Crippen LogP contribution in [-0.4, -0.2) is 19.0 Å². The van der Waals surface area contributed by atoms with E-state index in [1.807, 2.05) is 13.8 Å². The zero-order chi connectivity index (χ0) is 16.1. The molecule has 2 unspecified atom stereocenters. The Bertz CT molecular complexity index is 513. The predicted molar refractivity (Wildman–Crippen MR) is 82.3 cm³/mol. The first-order valence-electron chi connectivity index (χ1n) is 7.92. The molecule has 0 spiro atoms. The van der Waals surface area contributed by atoms with Gasteiger partial charge in [0.25, 0.3) is 0 Å². The molecule has 122 valence electrons. The van der Waals surface area contributed by atoms with Crippen LogP contribution in [0.3, 0.4) is 0 Å². The number of hydrogen-bond donors (Lipinski definition) is 2. The fourth-order valence-corrected chi connectivity index (χ4v) is 2.90. The van der Waals surface area contributed by atoms with Gasteiger partial charge in [0.1, 0.15) is 11.6 Å². The van der Waals surface area contributed by atoms with Crippen LogP contribution in [0.5, 0.6) is 0 Å². The van der Waals surface area contributed by atoms with Crippen LogP contribution in [0, 0.1) is 23.5 Å². The van der Waals surface area contributed by atoms with Gasteiger partial charge in [-0.3, -0.25) is 4.79 Å². The Morgan fingerprint density at radius 3 is 2.77 bits per heavy atom. The summed E-state index contributed by atoms with van der Waals surface area (Å²) in [7, 11) is 0. The molecule has 1 aromatic carbocycles. The molecule has 2 atom stereocenters. The van der Waals surface area contributed by atoms with Crippen molar-refractivity contribution in [1.29, 1.82) is 0 Å². The maximum absolute atomic E-state index is 13.9. The topological polar surface area (TPSA) is 41.1 Å². The minimum absolute atomic E-state index is 0.0251.